The molecule has 2 N–H and O–H groups in total. The zero-order valence-electron chi connectivity index (χ0n) is 8.67. The number of aliphatic hydroxyl groups is 2. The molecule has 14 heavy (non-hydrogen) atoms. The number of hydrogen-bond acceptors (Lipinski definition) is 2. The van der Waals surface area contributed by atoms with Gasteiger partial charge in [-0.15, -0.1) is 0 Å². The highest BCUT2D eigenvalue weighted by Gasteiger charge is 2.04. The van der Waals surface area contributed by atoms with Gasteiger partial charge in [0.25, 0.3) is 0 Å². The van der Waals surface area contributed by atoms with Crippen molar-refractivity contribution in [2.75, 3.05) is 6.61 Å². The Morgan fingerprint density at radius 3 is 2.50 bits per heavy atom. The summed E-state index contributed by atoms with van der Waals surface area (Å²) in [5.74, 6) is 10.7. The molecule has 0 unspecified atom stereocenters. The maximum atomic E-state index is 9.21. The van der Waals surface area contributed by atoms with E-state index in [0.717, 1.165) is 12.8 Å². The van der Waals surface area contributed by atoms with Crippen molar-refractivity contribution in [3.63, 3.8) is 0 Å². The molecule has 0 saturated carbocycles. The second-order valence-electron chi connectivity index (χ2n) is 3.30. The summed E-state index contributed by atoms with van der Waals surface area (Å²) < 4.78 is 0. The Balaban J connectivity index is 3.73. The normalized spacial score (nSPS) is 10.3. The molecule has 0 aromatic heterocycles. The Hall–Kier alpha value is -1.22. The number of allylic oxidation sites excluding steroid dienone is 1. The predicted molar refractivity (Wildman–Crippen MR) is 57.3 cm³/mol. The molecule has 0 aliphatic carbocycles. The first-order valence-electron chi connectivity index (χ1n) is 4.54. The van der Waals surface area contributed by atoms with E-state index in [1.54, 1.807) is 19.9 Å². The molecule has 0 saturated heterocycles. The smallest absolute Gasteiger partial charge is 0.120 e. The fraction of sp³-hybridized carbons (Fsp3) is 0.500. The van der Waals surface area contributed by atoms with Crippen molar-refractivity contribution in [3.05, 3.63) is 12.2 Å². The van der Waals surface area contributed by atoms with Crippen molar-refractivity contribution in [1.82, 2.24) is 0 Å². The lowest BCUT2D eigenvalue weighted by molar-refractivity contribution is 0.143. The van der Waals surface area contributed by atoms with Crippen molar-refractivity contribution >= 4 is 0 Å². The molecule has 0 amide bonds. The molecule has 0 rings (SSSR count). The summed E-state index contributed by atoms with van der Waals surface area (Å²) in [6.45, 7) is 3.31. The van der Waals surface area contributed by atoms with E-state index in [1.165, 1.54) is 0 Å². The standard InChI is InChI=1S/C12H16O2/c1-12(2,14)10-8-6-4-3-5-7-9-11-13/h7,9,13-14H,3,5,11H2,1-2H3/b9-7-. The minimum Gasteiger partial charge on any atom is -0.392 e. The Morgan fingerprint density at radius 1 is 1.21 bits per heavy atom. The van der Waals surface area contributed by atoms with Gasteiger partial charge >= 0.3 is 0 Å². The minimum atomic E-state index is -0.967. The van der Waals surface area contributed by atoms with Gasteiger partial charge in [0.2, 0.25) is 0 Å². The van der Waals surface area contributed by atoms with Crippen LogP contribution in [0.2, 0.25) is 0 Å². The van der Waals surface area contributed by atoms with E-state index in [1.807, 2.05) is 6.08 Å². The summed E-state index contributed by atoms with van der Waals surface area (Å²) in [6.07, 6.45) is 5.09. The summed E-state index contributed by atoms with van der Waals surface area (Å²) in [5, 5.41) is 17.6. The Bertz CT molecular complexity index is 286. The van der Waals surface area contributed by atoms with Crippen LogP contribution < -0.4 is 0 Å². The van der Waals surface area contributed by atoms with Crippen LogP contribution >= 0.6 is 0 Å². The van der Waals surface area contributed by atoms with Gasteiger partial charge in [-0.2, -0.15) is 0 Å². The Labute approximate surface area is 85.7 Å². The van der Waals surface area contributed by atoms with E-state index in [9.17, 15) is 5.11 Å². The van der Waals surface area contributed by atoms with Crippen molar-refractivity contribution in [2.24, 2.45) is 0 Å². The van der Waals surface area contributed by atoms with Gasteiger partial charge in [-0.25, -0.2) is 0 Å². The molecule has 2 nitrogen and oxygen atoms in total. The van der Waals surface area contributed by atoms with Crippen LogP contribution in [0.1, 0.15) is 26.7 Å². The molecule has 0 aliphatic rings. The van der Waals surface area contributed by atoms with Crippen molar-refractivity contribution in [2.45, 2.75) is 32.3 Å². The molecule has 0 aromatic carbocycles. The number of unbranched alkanes of at least 4 members (excludes halogenated alkanes) is 1. The minimum absolute atomic E-state index is 0.0753. The third-order valence-corrected chi connectivity index (χ3v) is 1.23. The highest BCUT2D eigenvalue weighted by Crippen LogP contribution is 1.95. The van der Waals surface area contributed by atoms with Gasteiger partial charge in [-0.05, 0) is 32.1 Å². The van der Waals surface area contributed by atoms with Gasteiger partial charge in [-0.3, -0.25) is 0 Å². The first kappa shape index (κ1) is 12.8. The summed E-state index contributed by atoms with van der Waals surface area (Å²) in [6, 6.07) is 0. The van der Waals surface area contributed by atoms with E-state index in [0.29, 0.717) is 0 Å². The van der Waals surface area contributed by atoms with Gasteiger partial charge in [0.1, 0.15) is 5.60 Å². The molecular formula is C12H16O2. The largest absolute Gasteiger partial charge is 0.392 e. The summed E-state index contributed by atoms with van der Waals surface area (Å²) >= 11 is 0. The summed E-state index contributed by atoms with van der Waals surface area (Å²) in [4.78, 5) is 0. The quantitative estimate of drug-likeness (QED) is 0.399. The van der Waals surface area contributed by atoms with Gasteiger partial charge < -0.3 is 10.2 Å². The molecule has 2 heteroatoms. The van der Waals surface area contributed by atoms with Gasteiger partial charge in [0.15, 0.2) is 0 Å². The fourth-order valence-electron chi connectivity index (χ4n) is 0.639. The van der Waals surface area contributed by atoms with E-state index in [-0.39, 0.29) is 6.61 Å². The molecule has 0 spiro atoms. The predicted octanol–water partition coefficient (Wildman–Crippen LogP) is 1.09. The second-order valence-corrected chi connectivity index (χ2v) is 3.30. The second kappa shape index (κ2) is 7.21. The number of hydrogen-bond donors (Lipinski definition) is 2. The molecular weight excluding hydrogens is 176 g/mol. The Morgan fingerprint density at radius 2 is 1.93 bits per heavy atom. The van der Waals surface area contributed by atoms with Crippen LogP contribution in [0.5, 0.6) is 0 Å². The number of aliphatic hydroxyl groups excluding tert-OH is 1. The molecule has 76 valence electrons. The van der Waals surface area contributed by atoms with Crippen LogP contribution in [0, 0.1) is 23.7 Å². The third kappa shape index (κ3) is 10.8. The van der Waals surface area contributed by atoms with Gasteiger partial charge in [0, 0.05) is 6.42 Å². The lowest BCUT2D eigenvalue weighted by Gasteiger charge is -2.04. The molecule has 0 radical (unpaired) electrons. The first-order chi connectivity index (χ1) is 6.56. The molecule has 0 heterocycles. The maximum absolute atomic E-state index is 9.21. The van der Waals surface area contributed by atoms with Gasteiger partial charge in [-0.1, -0.05) is 24.0 Å². The number of rotatable bonds is 3. The van der Waals surface area contributed by atoms with Crippen molar-refractivity contribution in [3.8, 4) is 23.7 Å². The van der Waals surface area contributed by atoms with Crippen LogP contribution in [0.15, 0.2) is 12.2 Å². The molecule has 0 aromatic rings. The van der Waals surface area contributed by atoms with Crippen LogP contribution in [0.25, 0.3) is 0 Å². The summed E-state index contributed by atoms with van der Waals surface area (Å²) in [5.41, 5.74) is -0.967. The highest BCUT2D eigenvalue weighted by molar-refractivity contribution is 5.28. The molecule has 0 atom stereocenters. The lowest BCUT2D eigenvalue weighted by atomic mass is 10.1. The molecule has 0 aliphatic heterocycles. The SMILES string of the molecule is CC(C)(O)C#CC#CCC/C=C\CO. The topological polar surface area (TPSA) is 40.5 Å². The first-order valence-corrected chi connectivity index (χ1v) is 4.54. The molecule has 0 fully saturated rings. The van der Waals surface area contributed by atoms with E-state index in [2.05, 4.69) is 23.7 Å². The van der Waals surface area contributed by atoms with E-state index >= 15 is 0 Å². The highest BCUT2D eigenvalue weighted by atomic mass is 16.3. The monoisotopic (exact) mass is 192 g/mol. The summed E-state index contributed by atoms with van der Waals surface area (Å²) in [7, 11) is 0. The van der Waals surface area contributed by atoms with Crippen molar-refractivity contribution < 1.29 is 10.2 Å². The maximum Gasteiger partial charge on any atom is 0.120 e. The zero-order chi connectivity index (χ0) is 10.9. The lowest BCUT2D eigenvalue weighted by Crippen LogP contribution is -2.14. The van der Waals surface area contributed by atoms with Crippen LogP contribution in [-0.2, 0) is 0 Å². The Kier molecular flexibility index (Phi) is 6.58. The van der Waals surface area contributed by atoms with Crippen molar-refractivity contribution in [1.29, 1.82) is 0 Å². The molecule has 0 bridgehead atoms. The van der Waals surface area contributed by atoms with Crippen LogP contribution in [-0.4, -0.2) is 22.4 Å². The van der Waals surface area contributed by atoms with Gasteiger partial charge in [0.05, 0.1) is 6.61 Å². The zero-order valence-corrected chi connectivity index (χ0v) is 8.67. The average Bonchev–Trinajstić information content (AvgIpc) is 2.08. The van der Waals surface area contributed by atoms with E-state index < -0.39 is 5.60 Å². The average molecular weight is 192 g/mol. The van der Waals surface area contributed by atoms with E-state index in [4.69, 9.17) is 5.11 Å². The fourth-order valence-corrected chi connectivity index (χ4v) is 0.639. The van der Waals surface area contributed by atoms with Crippen LogP contribution in [0.4, 0.5) is 0 Å². The van der Waals surface area contributed by atoms with Crippen LogP contribution in [0.3, 0.4) is 0 Å². The third-order valence-electron chi connectivity index (χ3n) is 1.23.